The van der Waals surface area contributed by atoms with Gasteiger partial charge in [0.15, 0.2) is 0 Å². The second kappa shape index (κ2) is 5.44. The highest BCUT2D eigenvalue weighted by molar-refractivity contribution is 5.87. The lowest BCUT2D eigenvalue weighted by molar-refractivity contribution is 0.0634. The number of aromatic nitrogens is 2. The molecule has 0 bridgehead atoms. The molecule has 0 atom stereocenters. The largest absolute Gasteiger partial charge is 0.444 e. The van der Waals surface area contributed by atoms with Crippen LogP contribution in [-0.2, 0) is 11.3 Å². The molecular formula is C15H18N4O2. The molecule has 6 nitrogen and oxygen atoms in total. The molecule has 21 heavy (non-hydrogen) atoms. The second-order valence-corrected chi connectivity index (χ2v) is 5.62. The number of hydrogen-bond acceptors (Lipinski definition) is 4. The number of rotatable bonds is 2. The zero-order valence-corrected chi connectivity index (χ0v) is 12.6. The van der Waals surface area contributed by atoms with Crippen LogP contribution in [0.25, 0.3) is 11.0 Å². The van der Waals surface area contributed by atoms with Gasteiger partial charge in [-0.1, -0.05) is 0 Å². The van der Waals surface area contributed by atoms with E-state index in [1.165, 1.54) is 0 Å². The number of carbonyl (C=O) groups excluding carboxylic acids is 1. The normalized spacial score (nSPS) is 11.2. The topological polar surface area (TPSA) is 79.9 Å². The molecule has 0 saturated heterocycles. The Labute approximate surface area is 123 Å². The zero-order valence-electron chi connectivity index (χ0n) is 12.6. The number of benzene rings is 1. The van der Waals surface area contributed by atoms with Crippen molar-refractivity contribution in [2.24, 2.45) is 0 Å². The Morgan fingerprint density at radius 1 is 1.48 bits per heavy atom. The van der Waals surface area contributed by atoms with Gasteiger partial charge < -0.3 is 9.30 Å². The fourth-order valence-electron chi connectivity index (χ4n) is 2.01. The number of imidazole rings is 1. The molecule has 0 aliphatic rings. The van der Waals surface area contributed by atoms with E-state index >= 15 is 0 Å². The Morgan fingerprint density at radius 3 is 2.76 bits per heavy atom. The SMILES string of the molecule is CCn1c(NC(=O)OC(C)(C)C)nc2cc(C#N)ccc21. The highest BCUT2D eigenvalue weighted by Crippen LogP contribution is 2.21. The summed E-state index contributed by atoms with van der Waals surface area (Å²) in [5.41, 5.74) is 1.50. The van der Waals surface area contributed by atoms with E-state index in [4.69, 9.17) is 10.00 Å². The van der Waals surface area contributed by atoms with Crippen molar-refractivity contribution in [2.75, 3.05) is 5.32 Å². The van der Waals surface area contributed by atoms with Gasteiger partial charge in [0.2, 0.25) is 5.95 Å². The van der Waals surface area contributed by atoms with Crippen LogP contribution in [0.15, 0.2) is 18.2 Å². The van der Waals surface area contributed by atoms with Gasteiger partial charge in [0.05, 0.1) is 22.7 Å². The van der Waals surface area contributed by atoms with Crippen molar-refractivity contribution < 1.29 is 9.53 Å². The Hall–Kier alpha value is -2.55. The van der Waals surface area contributed by atoms with Crippen molar-refractivity contribution >= 4 is 23.1 Å². The number of hydrogen-bond donors (Lipinski definition) is 1. The third kappa shape index (κ3) is 3.31. The minimum absolute atomic E-state index is 0.414. The average molecular weight is 286 g/mol. The van der Waals surface area contributed by atoms with Gasteiger partial charge >= 0.3 is 6.09 Å². The molecule has 0 fully saturated rings. The van der Waals surface area contributed by atoms with Crippen molar-refractivity contribution in [3.8, 4) is 6.07 Å². The summed E-state index contributed by atoms with van der Waals surface area (Å²) in [5.74, 6) is 0.414. The van der Waals surface area contributed by atoms with Gasteiger partial charge in [0, 0.05) is 6.54 Å². The molecule has 0 aliphatic carbocycles. The van der Waals surface area contributed by atoms with Crippen LogP contribution >= 0.6 is 0 Å². The van der Waals surface area contributed by atoms with Crippen molar-refractivity contribution in [3.63, 3.8) is 0 Å². The predicted octanol–water partition coefficient (Wildman–Crippen LogP) is 3.27. The summed E-state index contributed by atoms with van der Waals surface area (Å²) in [6.07, 6.45) is -0.548. The molecule has 0 spiro atoms. The van der Waals surface area contributed by atoms with Crippen molar-refractivity contribution in [1.29, 1.82) is 5.26 Å². The first-order chi connectivity index (χ1) is 9.84. The van der Waals surface area contributed by atoms with E-state index in [2.05, 4.69) is 16.4 Å². The number of amides is 1. The van der Waals surface area contributed by atoms with Crippen LogP contribution < -0.4 is 5.32 Å². The molecule has 0 aliphatic heterocycles. The van der Waals surface area contributed by atoms with Gasteiger partial charge in [-0.05, 0) is 45.9 Å². The van der Waals surface area contributed by atoms with E-state index in [1.54, 1.807) is 32.9 Å². The number of nitriles is 1. The number of nitrogens with one attached hydrogen (secondary N) is 1. The summed E-state index contributed by atoms with van der Waals surface area (Å²) < 4.78 is 7.09. The standard InChI is InChI=1S/C15H18N4O2/c1-5-19-12-7-6-10(9-16)8-11(12)17-13(19)18-14(20)21-15(2,3)4/h6-8H,5H2,1-4H3,(H,17,18,20). The maximum Gasteiger partial charge on any atom is 0.414 e. The van der Waals surface area contributed by atoms with E-state index in [0.717, 1.165) is 5.52 Å². The van der Waals surface area contributed by atoms with Gasteiger partial charge in [-0.3, -0.25) is 5.32 Å². The molecule has 110 valence electrons. The van der Waals surface area contributed by atoms with E-state index in [-0.39, 0.29) is 0 Å². The summed E-state index contributed by atoms with van der Waals surface area (Å²) >= 11 is 0. The fraction of sp³-hybridized carbons (Fsp3) is 0.400. The highest BCUT2D eigenvalue weighted by Gasteiger charge is 2.19. The summed E-state index contributed by atoms with van der Waals surface area (Å²) in [6, 6.07) is 7.33. The van der Waals surface area contributed by atoms with Crippen LogP contribution in [0.3, 0.4) is 0 Å². The summed E-state index contributed by atoms with van der Waals surface area (Å²) in [7, 11) is 0. The van der Waals surface area contributed by atoms with Crippen LogP contribution in [0.4, 0.5) is 10.7 Å². The third-order valence-electron chi connectivity index (χ3n) is 2.81. The number of fused-ring (bicyclic) bond motifs is 1. The monoisotopic (exact) mass is 286 g/mol. The molecule has 0 radical (unpaired) electrons. The van der Waals surface area contributed by atoms with Gasteiger partial charge in [-0.2, -0.15) is 5.26 Å². The van der Waals surface area contributed by atoms with Gasteiger partial charge in [0.1, 0.15) is 5.60 Å². The Morgan fingerprint density at radius 2 is 2.19 bits per heavy atom. The number of nitrogens with zero attached hydrogens (tertiary/aromatic N) is 3. The first kappa shape index (κ1) is 14.9. The molecule has 1 aromatic carbocycles. The van der Waals surface area contributed by atoms with Gasteiger partial charge in [0.25, 0.3) is 0 Å². The van der Waals surface area contributed by atoms with Gasteiger partial charge in [-0.25, -0.2) is 9.78 Å². The zero-order chi connectivity index (χ0) is 15.6. The van der Waals surface area contributed by atoms with Crippen molar-refractivity contribution in [2.45, 2.75) is 39.8 Å². The minimum atomic E-state index is -0.568. The van der Waals surface area contributed by atoms with E-state index in [1.807, 2.05) is 17.6 Å². The predicted molar refractivity (Wildman–Crippen MR) is 80.0 cm³/mol. The lowest BCUT2D eigenvalue weighted by Gasteiger charge is -2.19. The van der Waals surface area contributed by atoms with E-state index in [0.29, 0.717) is 23.6 Å². The number of ether oxygens (including phenoxy) is 1. The van der Waals surface area contributed by atoms with Crippen LogP contribution in [0.1, 0.15) is 33.3 Å². The smallest absolute Gasteiger partial charge is 0.414 e. The van der Waals surface area contributed by atoms with Crippen LogP contribution in [-0.4, -0.2) is 21.2 Å². The fourth-order valence-corrected chi connectivity index (χ4v) is 2.01. The second-order valence-electron chi connectivity index (χ2n) is 5.62. The van der Waals surface area contributed by atoms with Crippen LogP contribution in [0, 0.1) is 11.3 Å². The van der Waals surface area contributed by atoms with Crippen LogP contribution in [0.5, 0.6) is 0 Å². The maximum absolute atomic E-state index is 11.9. The highest BCUT2D eigenvalue weighted by atomic mass is 16.6. The maximum atomic E-state index is 11.9. The molecule has 0 saturated carbocycles. The molecule has 2 rings (SSSR count). The molecule has 1 amide bonds. The minimum Gasteiger partial charge on any atom is -0.444 e. The molecule has 1 aromatic heterocycles. The van der Waals surface area contributed by atoms with E-state index in [9.17, 15) is 4.79 Å². The molecule has 6 heteroatoms. The number of carbonyl (C=O) groups is 1. The van der Waals surface area contributed by atoms with Gasteiger partial charge in [-0.15, -0.1) is 0 Å². The van der Waals surface area contributed by atoms with Crippen molar-refractivity contribution in [1.82, 2.24) is 9.55 Å². The lowest BCUT2D eigenvalue weighted by atomic mass is 10.2. The lowest BCUT2D eigenvalue weighted by Crippen LogP contribution is -2.28. The Bertz CT molecular complexity index is 720. The molecule has 2 aromatic rings. The molecule has 0 unspecified atom stereocenters. The third-order valence-corrected chi connectivity index (χ3v) is 2.81. The summed E-state index contributed by atoms with van der Waals surface area (Å²) in [5, 5.41) is 11.6. The number of anilines is 1. The number of aryl methyl sites for hydroxylation is 1. The first-order valence-corrected chi connectivity index (χ1v) is 6.74. The van der Waals surface area contributed by atoms with Crippen molar-refractivity contribution in [3.05, 3.63) is 23.8 Å². The summed E-state index contributed by atoms with van der Waals surface area (Å²) in [6.45, 7) is 8.00. The van der Waals surface area contributed by atoms with E-state index < -0.39 is 11.7 Å². The van der Waals surface area contributed by atoms with Crippen LogP contribution in [0.2, 0.25) is 0 Å². The summed E-state index contributed by atoms with van der Waals surface area (Å²) in [4.78, 5) is 16.2. The molecule has 1 N–H and O–H groups in total. The Kier molecular flexibility index (Phi) is 3.85. The molecule has 1 heterocycles. The Balaban J connectivity index is 2.35. The molecular weight excluding hydrogens is 268 g/mol. The first-order valence-electron chi connectivity index (χ1n) is 6.74. The average Bonchev–Trinajstić information content (AvgIpc) is 2.71. The quantitative estimate of drug-likeness (QED) is 0.918.